The molecule has 0 saturated heterocycles. The van der Waals surface area contributed by atoms with Crippen molar-refractivity contribution in [2.45, 2.75) is 38.4 Å². The number of carboxylic acids is 1. The van der Waals surface area contributed by atoms with E-state index in [4.69, 9.17) is 0 Å². The number of carboxylic acid groups (broad SMARTS) is 1. The third-order valence-electron chi connectivity index (χ3n) is 2.87. The smallest absolute Gasteiger partial charge is 0.309 e. The van der Waals surface area contributed by atoms with Crippen molar-refractivity contribution in [2.75, 3.05) is 0 Å². The van der Waals surface area contributed by atoms with Crippen molar-refractivity contribution in [1.82, 2.24) is 0 Å². The Labute approximate surface area is 121 Å². The Morgan fingerprint density at radius 2 is 1.59 bits per heavy atom. The molecule has 0 aromatic rings. The summed E-state index contributed by atoms with van der Waals surface area (Å²) >= 11 is 0. The van der Waals surface area contributed by atoms with Gasteiger partial charge in [-0.2, -0.15) is 0 Å². The molecule has 0 rings (SSSR count). The summed E-state index contributed by atoms with van der Waals surface area (Å²) in [4.78, 5) is 11.3. The van der Waals surface area contributed by atoms with Gasteiger partial charge in [-0.3, -0.25) is 4.79 Å². The van der Waals surface area contributed by atoms with E-state index >= 15 is 0 Å². The zero-order chi connectivity index (χ0) is 12.8. The van der Waals surface area contributed by atoms with Gasteiger partial charge in [0.2, 0.25) is 0 Å². The molecule has 2 atom stereocenters. The van der Waals surface area contributed by atoms with Crippen LogP contribution in [0.25, 0.3) is 0 Å². The molecule has 0 aliphatic heterocycles. The third-order valence-corrected chi connectivity index (χ3v) is 2.87. The monoisotopic (exact) mass is 318 g/mol. The first-order valence-electron chi connectivity index (χ1n) is 5.26. The van der Waals surface area contributed by atoms with Gasteiger partial charge in [0.05, 0.1) is 17.6 Å². The summed E-state index contributed by atoms with van der Waals surface area (Å²) in [5.41, 5.74) is -1.14. The largest absolute Gasteiger partial charge is 0.481 e. The third kappa shape index (κ3) is 5.76. The molecule has 0 aliphatic rings. The van der Waals surface area contributed by atoms with Crippen LogP contribution in [0.5, 0.6) is 0 Å². The molecule has 17 heavy (non-hydrogen) atoms. The minimum atomic E-state index is -1.14. The number of rotatable bonds is 8. The minimum Gasteiger partial charge on any atom is -0.481 e. The van der Waals surface area contributed by atoms with E-state index < -0.39 is 23.6 Å². The number of hydrogen-bond donors (Lipinski definition) is 3. The van der Waals surface area contributed by atoms with Crippen LogP contribution in [-0.2, 0) is 31.0 Å². The topological polar surface area (TPSA) is 77.8 Å². The second-order valence-electron chi connectivity index (χ2n) is 3.95. The van der Waals surface area contributed by atoms with Crippen molar-refractivity contribution < 1.29 is 46.3 Å². The summed E-state index contributed by atoms with van der Waals surface area (Å²) in [6.07, 6.45) is 1.26. The standard InChI is InChI=1S/C12H20O4.Zr/c1-4-9(13)7-12(6-3,11(15)16)8-10(14)5-2;/h4-5,9-10,13-14H,1-2,6-8H2,3H3,(H,15,16);. The molecule has 0 heterocycles. The summed E-state index contributed by atoms with van der Waals surface area (Å²) < 4.78 is 0. The van der Waals surface area contributed by atoms with Crippen LogP contribution < -0.4 is 0 Å². The number of aliphatic carboxylic acids is 1. The first kappa shape index (κ1) is 19.1. The maximum Gasteiger partial charge on any atom is 0.309 e. The van der Waals surface area contributed by atoms with Crippen LogP contribution in [0.1, 0.15) is 26.2 Å². The van der Waals surface area contributed by atoms with Crippen LogP contribution in [0.4, 0.5) is 0 Å². The fraction of sp³-hybridized carbons (Fsp3) is 0.583. The van der Waals surface area contributed by atoms with Gasteiger partial charge in [-0.05, 0) is 19.3 Å². The van der Waals surface area contributed by atoms with Crippen molar-refractivity contribution in [3.05, 3.63) is 25.3 Å². The second kappa shape index (κ2) is 8.79. The fourth-order valence-corrected chi connectivity index (χ4v) is 1.67. The maximum absolute atomic E-state index is 11.3. The SMILES string of the molecule is C=CC(O)CC(CC)(CC(O)C=C)C(=O)O.[Zr]. The zero-order valence-electron chi connectivity index (χ0n) is 10.1. The van der Waals surface area contributed by atoms with Crippen LogP contribution in [-0.4, -0.2) is 33.5 Å². The Bertz CT molecular complexity index is 249. The van der Waals surface area contributed by atoms with Crippen molar-refractivity contribution in [3.63, 3.8) is 0 Å². The molecule has 0 bridgehead atoms. The predicted molar refractivity (Wildman–Crippen MR) is 62.0 cm³/mol. The van der Waals surface area contributed by atoms with Gasteiger partial charge in [-0.1, -0.05) is 19.1 Å². The molecule has 0 spiro atoms. The Hall–Kier alpha value is -0.247. The minimum absolute atomic E-state index is 0. The predicted octanol–water partition coefficient (Wildman–Crippen LogP) is 1.34. The molecule has 0 aliphatic carbocycles. The summed E-state index contributed by atoms with van der Waals surface area (Å²) in [5, 5.41) is 28.2. The summed E-state index contributed by atoms with van der Waals surface area (Å²) in [6.45, 7) is 8.55. The van der Waals surface area contributed by atoms with Crippen LogP contribution in [0.15, 0.2) is 25.3 Å². The van der Waals surface area contributed by atoms with Gasteiger partial charge in [-0.15, -0.1) is 13.2 Å². The van der Waals surface area contributed by atoms with E-state index in [1.165, 1.54) is 12.2 Å². The number of aliphatic hydroxyl groups is 2. The van der Waals surface area contributed by atoms with Crippen LogP contribution >= 0.6 is 0 Å². The Balaban J connectivity index is 0. The number of aliphatic hydroxyl groups excluding tert-OH is 2. The Kier molecular flexibility index (Phi) is 9.87. The van der Waals surface area contributed by atoms with E-state index in [1.54, 1.807) is 6.92 Å². The van der Waals surface area contributed by atoms with E-state index in [9.17, 15) is 20.1 Å². The molecule has 0 radical (unpaired) electrons. The van der Waals surface area contributed by atoms with Crippen molar-refractivity contribution >= 4 is 5.97 Å². The Morgan fingerprint density at radius 3 is 1.76 bits per heavy atom. The summed E-state index contributed by atoms with van der Waals surface area (Å²) in [7, 11) is 0. The van der Waals surface area contributed by atoms with Crippen LogP contribution in [0, 0.1) is 5.41 Å². The van der Waals surface area contributed by atoms with Gasteiger partial charge >= 0.3 is 5.97 Å². The van der Waals surface area contributed by atoms with E-state index in [1.807, 2.05) is 0 Å². The van der Waals surface area contributed by atoms with Crippen molar-refractivity contribution in [1.29, 1.82) is 0 Å². The quantitative estimate of drug-likeness (QED) is 0.590. The molecule has 96 valence electrons. The molecular weight excluding hydrogens is 299 g/mol. The molecule has 5 heteroatoms. The second-order valence-corrected chi connectivity index (χ2v) is 3.95. The first-order chi connectivity index (χ1) is 7.41. The molecule has 0 amide bonds. The van der Waals surface area contributed by atoms with Crippen LogP contribution in [0.3, 0.4) is 0 Å². The summed E-state index contributed by atoms with van der Waals surface area (Å²) in [6, 6.07) is 0. The molecule has 0 aromatic carbocycles. The van der Waals surface area contributed by atoms with Gasteiger partial charge in [0, 0.05) is 26.2 Å². The molecule has 3 N–H and O–H groups in total. The van der Waals surface area contributed by atoms with Gasteiger partial charge in [-0.25, -0.2) is 0 Å². The number of carbonyl (C=O) groups is 1. The normalized spacial score (nSPS) is 17.1. The molecule has 0 aromatic heterocycles. The summed E-state index contributed by atoms with van der Waals surface area (Å²) in [5.74, 6) is -1.02. The molecule has 0 fully saturated rings. The average molecular weight is 320 g/mol. The van der Waals surface area contributed by atoms with Gasteiger partial charge in [0.25, 0.3) is 0 Å². The van der Waals surface area contributed by atoms with E-state index in [2.05, 4.69) is 13.2 Å². The van der Waals surface area contributed by atoms with E-state index in [0.717, 1.165) is 0 Å². The molecular formula is C12H20O4Zr. The van der Waals surface area contributed by atoms with Crippen molar-refractivity contribution in [2.24, 2.45) is 5.41 Å². The van der Waals surface area contributed by atoms with Gasteiger partial charge in [0.1, 0.15) is 0 Å². The average Bonchev–Trinajstić information content (AvgIpc) is 2.27. The fourth-order valence-electron chi connectivity index (χ4n) is 1.67. The van der Waals surface area contributed by atoms with Crippen molar-refractivity contribution in [3.8, 4) is 0 Å². The zero-order valence-corrected chi connectivity index (χ0v) is 12.6. The van der Waals surface area contributed by atoms with Gasteiger partial charge < -0.3 is 15.3 Å². The maximum atomic E-state index is 11.3. The van der Waals surface area contributed by atoms with Gasteiger partial charge in [0.15, 0.2) is 0 Å². The first-order valence-corrected chi connectivity index (χ1v) is 5.26. The van der Waals surface area contributed by atoms with E-state index in [0.29, 0.717) is 6.42 Å². The molecule has 0 saturated carbocycles. The van der Waals surface area contributed by atoms with Crippen LogP contribution in [0.2, 0.25) is 0 Å². The number of hydrogen-bond acceptors (Lipinski definition) is 3. The Morgan fingerprint density at radius 1 is 1.24 bits per heavy atom. The molecule has 4 nitrogen and oxygen atoms in total. The van der Waals surface area contributed by atoms with E-state index in [-0.39, 0.29) is 39.0 Å². The molecule has 2 unspecified atom stereocenters.